The third kappa shape index (κ3) is 7.29. The van der Waals surface area contributed by atoms with Gasteiger partial charge in [0.05, 0.1) is 53.9 Å². The van der Waals surface area contributed by atoms with Crippen molar-refractivity contribution in [2.45, 2.75) is 18.7 Å². The average Bonchev–Trinajstić information content (AvgIpc) is 3.66. The highest BCUT2D eigenvalue weighted by Crippen LogP contribution is 2.44. The smallest absolute Gasteiger partial charge is 0.255 e. The van der Waals surface area contributed by atoms with Crippen molar-refractivity contribution >= 4 is 28.9 Å². The van der Waals surface area contributed by atoms with E-state index >= 15 is 0 Å². The molecule has 0 radical (unpaired) electrons. The summed E-state index contributed by atoms with van der Waals surface area (Å²) in [6, 6.07) is 17.9. The van der Waals surface area contributed by atoms with E-state index in [0.717, 1.165) is 16.7 Å². The van der Waals surface area contributed by atoms with Crippen LogP contribution in [-0.4, -0.2) is 67.5 Å². The number of methoxy groups -OCH3 is 6. The van der Waals surface area contributed by atoms with Crippen molar-refractivity contribution in [3.8, 4) is 46.0 Å². The highest BCUT2D eigenvalue weighted by atomic mass is 35.5. The first-order valence-electron chi connectivity index (χ1n) is 15.9. The molecule has 13 nitrogen and oxygen atoms in total. The molecular formula is C37H38ClN3O10. The van der Waals surface area contributed by atoms with Crippen molar-refractivity contribution < 1.29 is 47.5 Å². The van der Waals surface area contributed by atoms with Crippen molar-refractivity contribution in [3.63, 3.8) is 0 Å². The molecule has 2 N–H and O–H groups in total. The summed E-state index contributed by atoms with van der Waals surface area (Å²) in [6.45, 7) is 0.358. The fraction of sp³-hybridized carbons (Fsp3) is 0.297. The highest BCUT2D eigenvalue weighted by Gasteiger charge is 2.29. The maximum absolute atomic E-state index is 12.7. The molecule has 2 heterocycles. The van der Waals surface area contributed by atoms with E-state index in [9.17, 15) is 4.79 Å². The molecule has 0 fully saturated rings. The third-order valence-corrected chi connectivity index (χ3v) is 8.67. The monoisotopic (exact) mass is 719 g/mol. The highest BCUT2D eigenvalue weighted by molar-refractivity contribution is 6.31. The van der Waals surface area contributed by atoms with Gasteiger partial charge < -0.3 is 53.4 Å². The van der Waals surface area contributed by atoms with Gasteiger partial charge in [0, 0.05) is 28.3 Å². The Morgan fingerprint density at radius 2 is 1.31 bits per heavy atom. The minimum absolute atomic E-state index is 0.170. The minimum atomic E-state index is -0.470. The van der Waals surface area contributed by atoms with Crippen LogP contribution in [0.2, 0.25) is 5.02 Å². The van der Waals surface area contributed by atoms with Crippen LogP contribution in [0.1, 0.15) is 45.7 Å². The first-order chi connectivity index (χ1) is 24.8. The molecule has 4 aromatic rings. The molecular weight excluding hydrogens is 682 g/mol. The number of rotatable bonds is 14. The number of carbonyl (C=O) groups excluding carboxylic acids is 1. The average molecular weight is 720 g/mol. The van der Waals surface area contributed by atoms with Gasteiger partial charge in [-0.1, -0.05) is 22.8 Å². The molecule has 2 atom stereocenters. The fourth-order valence-electron chi connectivity index (χ4n) is 5.88. The summed E-state index contributed by atoms with van der Waals surface area (Å²) < 4.78 is 45.6. The Morgan fingerprint density at radius 1 is 0.686 bits per heavy atom. The van der Waals surface area contributed by atoms with E-state index in [1.165, 1.54) is 0 Å². The standard InChI is InChI=1S/C37H38ClN3O10/c1-43-29-13-20(36-39-25-9-8-23(38)18-24(25)37(42)40-36)7-10-27(29)49-11-12-50-35-32(46-4)14-21(15-33(35)47-5)26-19-28(51-41-26)22-16-30(44-2)34(48-6)31(17-22)45-3/h7-10,13-18,28,36,39H,11-12,19H2,1-6H3,(H,40,42). The van der Waals surface area contributed by atoms with Gasteiger partial charge in [-0.3, -0.25) is 4.79 Å². The number of benzene rings is 4. The molecule has 0 saturated heterocycles. The Labute approximate surface area is 300 Å². The molecule has 0 spiro atoms. The fourth-order valence-corrected chi connectivity index (χ4v) is 6.05. The maximum Gasteiger partial charge on any atom is 0.255 e. The Kier molecular flexibility index (Phi) is 10.7. The van der Waals surface area contributed by atoms with Crippen LogP contribution in [0.5, 0.6) is 46.0 Å². The molecule has 2 aliphatic rings. The molecule has 1 amide bonds. The number of carbonyl (C=O) groups is 1. The molecule has 2 aliphatic heterocycles. The zero-order valence-corrected chi connectivity index (χ0v) is 29.7. The molecule has 0 bridgehead atoms. The second-order valence-electron chi connectivity index (χ2n) is 11.4. The lowest BCUT2D eigenvalue weighted by atomic mass is 9.99. The number of fused-ring (bicyclic) bond motifs is 1. The van der Waals surface area contributed by atoms with Crippen molar-refractivity contribution in [1.29, 1.82) is 0 Å². The Hall–Kier alpha value is -5.69. The van der Waals surface area contributed by atoms with E-state index in [0.29, 0.717) is 74.4 Å². The van der Waals surface area contributed by atoms with Crippen LogP contribution in [-0.2, 0) is 4.84 Å². The Bertz CT molecular complexity index is 1900. The number of ether oxygens (including phenoxy) is 8. The molecule has 2 unspecified atom stereocenters. The van der Waals surface area contributed by atoms with Gasteiger partial charge in [-0.2, -0.15) is 0 Å². The summed E-state index contributed by atoms with van der Waals surface area (Å²) in [6.07, 6.45) is -0.369. The molecule has 14 heteroatoms. The van der Waals surface area contributed by atoms with Gasteiger partial charge in [0.15, 0.2) is 40.6 Å². The number of nitrogens with zero attached hydrogens (tertiary/aromatic N) is 1. The zero-order chi connectivity index (χ0) is 36.1. The van der Waals surface area contributed by atoms with E-state index in [2.05, 4.69) is 15.8 Å². The number of amides is 1. The normalized spacial score (nSPS) is 16.1. The lowest BCUT2D eigenvalue weighted by Crippen LogP contribution is -2.38. The maximum atomic E-state index is 12.7. The summed E-state index contributed by atoms with van der Waals surface area (Å²) in [5.74, 6) is 3.65. The van der Waals surface area contributed by atoms with Crippen molar-refractivity contribution in [1.82, 2.24) is 5.32 Å². The van der Waals surface area contributed by atoms with Gasteiger partial charge in [-0.25, -0.2) is 0 Å². The first kappa shape index (κ1) is 35.1. The predicted molar refractivity (Wildman–Crippen MR) is 190 cm³/mol. The molecule has 4 aromatic carbocycles. The molecule has 0 aromatic heterocycles. The second kappa shape index (κ2) is 15.5. The van der Waals surface area contributed by atoms with Crippen molar-refractivity contribution in [2.75, 3.05) is 61.2 Å². The number of hydrogen-bond donors (Lipinski definition) is 2. The van der Waals surface area contributed by atoms with Crippen LogP contribution >= 0.6 is 11.6 Å². The Balaban J connectivity index is 1.10. The third-order valence-electron chi connectivity index (χ3n) is 8.43. The Morgan fingerprint density at radius 3 is 1.96 bits per heavy atom. The van der Waals surface area contributed by atoms with E-state index < -0.39 is 6.17 Å². The zero-order valence-electron chi connectivity index (χ0n) is 29.0. The summed E-state index contributed by atoms with van der Waals surface area (Å²) >= 11 is 6.07. The SMILES string of the molecule is COc1cc(C2NC(=O)c3cc(Cl)ccc3N2)ccc1OCCOc1c(OC)cc(C2=NOC(c3cc(OC)c(OC)c(OC)c3)C2)cc1OC. The molecule has 268 valence electrons. The van der Waals surface area contributed by atoms with Crippen LogP contribution in [0.15, 0.2) is 65.8 Å². The number of oxime groups is 1. The van der Waals surface area contributed by atoms with E-state index in [4.69, 9.17) is 54.3 Å². The number of hydrogen-bond acceptors (Lipinski definition) is 12. The van der Waals surface area contributed by atoms with Gasteiger partial charge >= 0.3 is 0 Å². The van der Waals surface area contributed by atoms with Crippen LogP contribution < -0.4 is 48.5 Å². The largest absolute Gasteiger partial charge is 0.493 e. The summed E-state index contributed by atoms with van der Waals surface area (Å²) in [4.78, 5) is 18.5. The van der Waals surface area contributed by atoms with Crippen molar-refractivity contribution in [3.05, 3.63) is 87.9 Å². The molecule has 0 aliphatic carbocycles. The summed E-state index contributed by atoms with van der Waals surface area (Å²) in [5.41, 5.74) is 4.23. The predicted octanol–water partition coefficient (Wildman–Crippen LogP) is 6.57. The van der Waals surface area contributed by atoms with Crippen LogP contribution in [0.3, 0.4) is 0 Å². The van der Waals surface area contributed by atoms with Gasteiger partial charge in [-0.15, -0.1) is 0 Å². The summed E-state index contributed by atoms with van der Waals surface area (Å²) in [7, 11) is 9.35. The van der Waals surface area contributed by atoms with Crippen LogP contribution in [0.25, 0.3) is 0 Å². The van der Waals surface area contributed by atoms with Gasteiger partial charge in [-0.05, 0) is 60.2 Å². The van der Waals surface area contributed by atoms with Gasteiger partial charge in [0.1, 0.15) is 19.4 Å². The van der Waals surface area contributed by atoms with Gasteiger partial charge in [0.25, 0.3) is 5.91 Å². The number of anilines is 1. The van der Waals surface area contributed by atoms with E-state index in [1.807, 2.05) is 36.4 Å². The number of halogens is 1. The van der Waals surface area contributed by atoms with E-state index in [-0.39, 0.29) is 25.2 Å². The second-order valence-corrected chi connectivity index (χ2v) is 11.8. The van der Waals surface area contributed by atoms with Crippen LogP contribution in [0.4, 0.5) is 5.69 Å². The van der Waals surface area contributed by atoms with Crippen molar-refractivity contribution in [2.24, 2.45) is 5.16 Å². The molecule has 0 saturated carbocycles. The quantitative estimate of drug-likeness (QED) is 0.137. The van der Waals surface area contributed by atoms with E-state index in [1.54, 1.807) is 66.9 Å². The minimum Gasteiger partial charge on any atom is -0.493 e. The molecule has 6 rings (SSSR count). The first-order valence-corrected chi connectivity index (χ1v) is 16.3. The lowest BCUT2D eigenvalue weighted by Gasteiger charge is -2.28. The molecule has 51 heavy (non-hydrogen) atoms. The van der Waals surface area contributed by atoms with Crippen LogP contribution in [0, 0.1) is 0 Å². The summed E-state index contributed by atoms with van der Waals surface area (Å²) in [5, 5.41) is 11.1. The topological polar surface area (TPSA) is 137 Å². The lowest BCUT2D eigenvalue weighted by molar-refractivity contribution is 0.0853. The number of nitrogens with one attached hydrogen (secondary N) is 2. The van der Waals surface area contributed by atoms with Gasteiger partial charge in [0.2, 0.25) is 11.5 Å².